The van der Waals surface area contributed by atoms with Crippen LogP contribution in [0, 0.1) is 0 Å². The van der Waals surface area contributed by atoms with Gasteiger partial charge in [0, 0.05) is 11.4 Å². The highest BCUT2D eigenvalue weighted by Gasteiger charge is 2.27. The molecule has 4 rings (SSSR count). The molecule has 2 heterocycles. The van der Waals surface area contributed by atoms with Gasteiger partial charge in [0.1, 0.15) is 17.5 Å². The predicted octanol–water partition coefficient (Wildman–Crippen LogP) is 3.48. The van der Waals surface area contributed by atoms with Crippen LogP contribution in [0.15, 0.2) is 24.3 Å². The van der Waals surface area contributed by atoms with E-state index in [4.69, 9.17) is 4.74 Å². The van der Waals surface area contributed by atoms with Crippen LogP contribution < -0.4 is 10.1 Å². The molecule has 1 N–H and O–H groups in total. The van der Waals surface area contributed by atoms with Crippen molar-refractivity contribution < 1.29 is 9.53 Å². The van der Waals surface area contributed by atoms with E-state index in [2.05, 4.69) is 22.9 Å². The van der Waals surface area contributed by atoms with Gasteiger partial charge in [-0.3, -0.25) is 4.79 Å². The van der Waals surface area contributed by atoms with E-state index >= 15 is 0 Å². The lowest BCUT2D eigenvalue weighted by Gasteiger charge is -2.26. The molecule has 1 aliphatic carbocycles. The quantitative estimate of drug-likeness (QED) is 0.942. The van der Waals surface area contributed by atoms with Gasteiger partial charge in [0.2, 0.25) is 0 Å². The minimum atomic E-state index is 0.0609. The Balaban J connectivity index is 1.72. The predicted molar refractivity (Wildman–Crippen MR) is 86.4 cm³/mol. The molecule has 1 saturated carbocycles. The van der Waals surface area contributed by atoms with Crippen molar-refractivity contribution in [2.45, 2.75) is 57.7 Å². The number of nitrogens with zero attached hydrogens (tertiary/aromatic N) is 1. The number of hydrogen-bond acceptors (Lipinski definition) is 2. The average molecular weight is 298 g/mol. The third-order valence-electron chi connectivity index (χ3n) is 4.94. The van der Waals surface area contributed by atoms with Gasteiger partial charge < -0.3 is 14.6 Å². The zero-order chi connectivity index (χ0) is 15.1. The molecule has 0 bridgehead atoms. The Hall–Kier alpha value is -1.97. The van der Waals surface area contributed by atoms with Crippen LogP contribution in [-0.2, 0) is 6.54 Å². The van der Waals surface area contributed by atoms with Gasteiger partial charge >= 0.3 is 0 Å². The summed E-state index contributed by atoms with van der Waals surface area (Å²) in [6, 6.07) is 8.40. The second-order valence-electron chi connectivity index (χ2n) is 6.44. The fraction of sp³-hybridized carbons (Fsp3) is 0.500. The summed E-state index contributed by atoms with van der Waals surface area (Å²) in [4.78, 5) is 12.7. The Bertz CT molecular complexity index is 713. The Kier molecular flexibility index (Phi) is 3.32. The molecule has 4 nitrogen and oxygen atoms in total. The van der Waals surface area contributed by atoms with E-state index in [1.54, 1.807) is 0 Å². The molecule has 4 heteroatoms. The largest absolute Gasteiger partial charge is 0.486 e. The number of amides is 1. The van der Waals surface area contributed by atoms with Crippen molar-refractivity contribution in [3.8, 4) is 5.75 Å². The van der Waals surface area contributed by atoms with Crippen LogP contribution >= 0.6 is 0 Å². The van der Waals surface area contributed by atoms with Gasteiger partial charge in [0.05, 0.1) is 12.1 Å². The summed E-state index contributed by atoms with van der Waals surface area (Å²) in [7, 11) is 0. The molecule has 0 spiro atoms. The van der Waals surface area contributed by atoms with Crippen LogP contribution in [0.25, 0.3) is 10.9 Å². The van der Waals surface area contributed by atoms with Crippen molar-refractivity contribution in [2.24, 2.45) is 0 Å². The zero-order valence-corrected chi connectivity index (χ0v) is 13.0. The summed E-state index contributed by atoms with van der Waals surface area (Å²) in [6.07, 6.45) is 5.75. The first-order chi connectivity index (χ1) is 10.8. The van der Waals surface area contributed by atoms with Gasteiger partial charge in [0.15, 0.2) is 0 Å². The summed E-state index contributed by atoms with van der Waals surface area (Å²) >= 11 is 0. The number of ether oxygens (including phenoxy) is 1. The number of rotatable bonds is 3. The first kappa shape index (κ1) is 13.7. The first-order valence-electron chi connectivity index (χ1n) is 8.36. The monoisotopic (exact) mass is 298 g/mol. The van der Waals surface area contributed by atoms with E-state index in [9.17, 15) is 4.79 Å². The van der Waals surface area contributed by atoms with Crippen LogP contribution in [0.1, 0.15) is 49.5 Å². The lowest BCUT2D eigenvalue weighted by atomic mass is 10.2. The van der Waals surface area contributed by atoms with Crippen LogP contribution in [0.3, 0.4) is 0 Å². The molecular weight excluding hydrogens is 276 g/mol. The summed E-state index contributed by atoms with van der Waals surface area (Å²) < 4.78 is 8.17. The van der Waals surface area contributed by atoms with E-state index < -0.39 is 0 Å². The highest BCUT2D eigenvalue weighted by atomic mass is 16.5. The van der Waals surface area contributed by atoms with Crippen LogP contribution in [0.2, 0.25) is 0 Å². The van der Waals surface area contributed by atoms with E-state index in [0.29, 0.717) is 6.04 Å². The van der Waals surface area contributed by atoms with Crippen LogP contribution in [0.4, 0.5) is 0 Å². The maximum Gasteiger partial charge on any atom is 0.268 e. The SMILES string of the molecule is CCC1Cn2c(C(=O)NC3CCCC3)cc3cccc(c32)O1. The van der Waals surface area contributed by atoms with E-state index in [0.717, 1.165) is 48.2 Å². The van der Waals surface area contributed by atoms with Gasteiger partial charge in [-0.2, -0.15) is 0 Å². The molecule has 1 atom stereocenters. The van der Waals surface area contributed by atoms with Crippen LogP contribution in [0.5, 0.6) is 5.75 Å². The summed E-state index contributed by atoms with van der Waals surface area (Å²) in [5.74, 6) is 0.960. The first-order valence-corrected chi connectivity index (χ1v) is 8.36. The highest BCUT2D eigenvalue weighted by molar-refractivity contribution is 6.00. The van der Waals surface area contributed by atoms with Gasteiger partial charge in [-0.15, -0.1) is 0 Å². The molecule has 1 amide bonds. The third kappa shape index (κ3) is 2.18. The number of hydrogen-bond donors (Lipinski definition) is 1. The zero-order valence-electron chi connectivity index (χ0n) is 13.0. The number of carbonyl (C=O) groups is 1. The number of para-hydroxylation sites is 1. The summed E-state index contributed by atoms with van der Waals surface area (Å²) in [5, 5.41) is 4.29. The molecule has 0 radical (unpaired) electrons. The third-order valence-corrected chi connectivity index (χ3v) is 4.94. The molecule has 22 heavy (non-hydrogen) atoms. The Morgan fingerprint density at radius 2 is 2.18 bits per heavy atom. The second kappa shape index (κ2) is 5.34. The van der Waals surface area contributed by atoms with Crippen molar-refractivity contribution in [1.29, 1.82) is 0 Å². The number of nitrogens with one attached hydrogen (secondary N) is 1. The minimum absolute atomic E-state index is 0.0609. The van der Waals surface area contributed by atoms with Crippen molar-refractivity contribution in [3.63, 3.8) is 0 Å². The molecule has 116 valence electrons. The summed E-state index contributed by atoms with van der Waals surface area (Å²) in [5.41, 5.74) is 1.83. The lowest BCUT2D eigenvalue weighted by Crippen LogP contribution is -2.35. The minimum Gasteiger partial charge on any atom is -0.486 e. The topological polar surface area (TPSA) is 43.3 Å². The van der Waals surface area contributed by atoms with Crippen molar-refractivity contribution in [2.75, 3.05) is 0 Å². The van der Waals surface area contributed by atoms with Gasteiger partial charge in [-0.1, -0.05) is 31.9 Å². The lowest BCUT2D eigenvalue weighted by molar-refractivity contribution is 0.0922. The van der Waals surface area contributed by atoms with Gasteiger partial charge in [-0.05, 0) is 31.4 Å². The molecule has 2 aliphatic rings. The molecule has 1 unspecified atom stereocenters. The normalized spacial score (nSPS) is 21.0. The fourth-order valence-corrected chi connectivity index (χ4v) is 3.73. The Morgan fingerprint density at radius 3 is 2.95 bits per heavy atom. The molecule has 1 aromatic heterocycles. The standard InChI is InChI=1S/C18H22N2O2/c1-2-14-11-20-15(18(21)19-13-7-3-4-8-13)10-12-6-5-9-16(22-14)17(12)20/h5-6,9-10,13-14H,2-4,7-8,11H2,1H3,(H,19,21). The van der Waals surface area contributed by atoms with Gasteiger partial charge in [-0.25, -0.2) is 0 Å². The second-order valence-corrected chi connectivity index (χ2v) is 6.44. The molecule has 1 fully saturated rings. The average Bonchev–Trinajstić information content (AvgIpc) is 3.16. The van der Waals surface area contributed by atoms with E-state index in [1.165, 1.54) is 12.8 Å². The fourth-order valence-electron chi connectivity index (χ4n) is 3.73. The smallest absolute Gasteiger partial charge is 0.268 e. The summed E-state index contributed by atoms with van der Waals surface area (Å²) in [6.45, 7) is 2.88. The number of carbonyl (C=O) groups excluding carboxylic acids is 1. The number of aromatic nitrogens is 1. The molecule has 0 saturated heterocycles. The molecule has 1 aromatic carbocycles. The maximum absolute atomic E-state index is 12.7. The van der Waals surface area contributed by atoms with Crippen LogP contribution in [-0.4, -0.2) is 22.6 Å². The number of benzene rings is 1. The van der Waals surface area contributed by atoms with Crippen molar-refractivity contribution >= 4 is 16.8 Å². The van der Waals surface area contributed by atoms with Crippen molar-refractivity contribution in [3.05, 3.63) is 30.0 Å². The van der Waals surface area contributed by atoms with E-state index in [1.807, 2.05) is 18.2 Å². The van der Waals surface area contributed by atoms with E-state index in [-0.39, 0.29) is 12.0 Å². The highest BCUT2D eigenvalue weighted by Crippen LogP contribution is 2.34. The molecule has 1 aliphatic heterocycles. The Labute approximate surface area is 130 Å². The van der Waals surface area contributed by atoms with Gasteiger partial charge in [0.25, 0.3) is 5.91 Å². The maximum atomic E-state index is 12.7. The Morgan fingerprint density at radius 1 is 1.36 bits per heavy atom. The molecular formula is C18H22N2O2. The molecule has 2 aromatic rings. The van der Waals surface area contributed by atoms with Crippen molar-refractivity contribution in [1.82, 2.24) is 9.88 Å².